The van der Waals surface area contributed by atoms with Crippen LogP contribution in [-0.4, -0.2) is 26.8 Å². The molecule has 0 saturated carbocycles. The van der Waals surface area contributed by atoms with Gasteiger partial charge < -0.3 is 10.1 Å². The topological polar surface area (TPSA) is 21.3 Å². The lowest BCUT2D eigenvalue weighted by Crippen LogP contribution is -2.12. The molecule has 2 heteroatoms. The first-order chi connectivity index (χ1) is 5.31. The maximum atomic E-state index is 5.45. The lowest BCUT2D eigenvalue weighted by atomic mass is 10.1. The van der Waals surface area contributed by atoms with E-state index in [-0.39, 0.29) is 0 Å². The van der Waals surface area contributed by atoms with Crippen molar-refractivity contribution in [2.75, 3.05) is 26.8 Å². The third-order valence-electron chi connectivity index (χ3n) is 1.81. The molecule has 0 aromatic carbocycles. The van der Waals surface area contributed by atoms with Gasteiger partial charge >= 0.3 is 0 Å². The Bertz CT molecular complexity index is 76.0. The molecule has 0 aliphatic heterocycles. The van der Waals surface area contributed by atoms with Gasteiger partial charge in [-0.15, -0.1) is 0 Å². The minimum absolute atomic E-state index is 0.713. The van der Waals surface area contributed by atoms with E-state index in [0.717, 1.165) is 26.2 Å². The summed E-state index contributed by atoms with van der Waals surface area (Å²) in [5.74, 6) is 0.713. The van der Waals surface area contributed by atoms with Crippen LogP contribution in [0.5, 0.6) is 0 Å². The highest BCUT2D eigenvalue weighted by atomic mass is 16.5. The molecule has 0 saturated heterocycles. The van der Waals surface area contributed by atoms with Crippen molar-refractivity contribution in [2.24, 2.45) is 5.92 Å². The minimum Gasteiger partial charge on any atom is -0.381 e. The standard InChI is InChI=1S/C9H21NO/c1-4-9(2)8-11-7-5-6-10-3/h9-10H,4-8H2,1-3H3. The SMILES string of the molecule is CCC(C)COCCCNC. The highest BCUT2D eigenvalue weighted by Crippen LogP contribution is 2.00. The van der Waals surface area contributed by atoms with Gasteiger partial charge in [0.15, 0.2) is 0 Å². The van der Waals surface area contributed by atoms with Crippen LogP contribution in [0.3, 0.4) is 0 Å². The normalized spacial score (nSPS) is 13.4. The lowest BCUT2D eigenvalue weighted by molar-refractivity contribution is 0.102. The van der Waals surface area contributed by atoms with Crippen LogP contribution in [0.25, 0.3) is 0 Å². The molecule has 0 aromatic heterocycles. The zero-order valence-electron chi connectivity index (χ0n) is 8.02. The monoisotopic (exact) mass is 159 g/mol. The molecule has 1 atom stereocenters. The Balaban J connectivity index is 2.89. The number of rotatable bonds is 7. The summed E-state index contributed by atoms with van der Waals surface area (Å²) < 4.78 is 5.45. The summed E-state index contributed by atoms with van der Waals surface area (Å²) in [5, 5.41) is 3.09. The highest BCUT2D eigenvalue weighted by Gasteiger charge is 1.96. The van der Waals surface area contributed by atoms with Crippen LogP contribution in [-0.2, 0) is 4.74 Å². The molecule has 0 spiro atoms. The van der Waals surface area contributed by atoms with Crippen LogP contribution < -0.4 is 5.32 Å². The third kappa shape index (κ3) is 7.82. The summed E-state index contributed by atoms with van der Waals surface area (Å²) in [5.41, 5.74) is 0. The van der Waals surface area contributed by atoms with Crippen LogP contribution in [0.2, 0.25) is 0 Å². The van der Waals surface area contributed by atoms with Gasteiger partial charge in [-0.2, -0.15) is 0 Å². The number of nitrogens with one attached hydrogen (secondary N) is 1. The molecular weight excluding hydrogens is 138 g/mol. The molecule has 0 amide bonds. The molecule has 0 aliphatic carbocycles. The Morgan fingerprint density at radius 3 is 2.73 bits per heavy atom. The van der Waals surface area contributed by atoms with Crippen LogP contribution in [0.4, 0.5) is 0 Å². The molecule has 0 aliphatic rings. The molecule has 0 rings (SSSR count). The Hall–Kier alpha value is -0.0800. The van der Waals surface area contributed by atoms with Gasteiger partial charge in [-0.25, -0.2) is 0 Å². The van der Waals surface area contributed by atoms with Gasteiger partial charge in [-0.3, -0.25) is 0 Å². The van der Waals surface area contributed by atoms with Crippen molar-refractivity contribution >= 4 is 0 Å². The minimum atomic E-state index is 0.713. The summed E-state index contributed by atoms with van der Waals surface area (Å²) in [6, 6.07) is 0. The van der Waals surface area contributed by atoms with E-state index in [9.17, 15) is 0 Å². The summed E-state index contributed by atoms with van der Waals surface area (Å²) in [6.45, 7) is 7.28. The quantitative estimate of drug-likeness (QED) is 0.570. The molecule has 1 unspecified atom stereocenters. The van der Waals surface area contributed by atoms with Gasteiger partial charge in [-0.05, 0) is 25.9 Å². The average Bonchev–Trinajstić information content (AvgIpc) is 2.04. The molecule has 0 bridgehead atoms. The molecule has 68 valence electrons. The number of hydrogen-bond acceptors (Lipinski definition) is 2. The van der Waals surface area contributed by atoms with Crippen LogP contribution in [0.15, 0.2) is 0 Å². The summed E-state index contributed by atoms with van der Waals surface area (Å²) in [7, 11) is 1.97. The van der Waals surface area contributed by atoms with Crippen molar-refractivity contribution in [3.05, 3.63) is 0 Å². The first-order valence-electron chi connectivity index (χ1n) is 4.53. The highest BCUT2D eigenvalue weighted by molar-refractivity contribution is 4.46. The van der Waals surface area contributed by atoms with Crippen molar-refractivity contribution in [3.8, 4) is 0 Å². The van der Waals surface area contributed by atoms with Crippen LogP contribution >= 0.6 is 0 Å². The van der Waals surface area contributed by atoms with Crippen molar-refractivity contribution in [1.29, 1.82) is 0 Å². The first-order valence-corrected chi connectivity index (χ1v) is 4.53. The second-order valence-corrected chi connectivity index (χ2v) is 3.05. The molecule has 0 radical (unpaired) electrons. The second-order valence-electron chi connectivity index (χ2n) is 3.05. The van der Waals surface area contributed by atoms with Crippen molar-refractivity contribution in [1.82, 2.24) is 5.32 Å². The fourth-order valence-corrected chi connectivity index (χ4v) is 0.753. The van der Waals surface area contributed by atoms with Gasteiger partial charge in [-0.1, -0.05) is 20.3 Å². The summed E-state index contributed by atoms with van der Waals surface area (Å²) in [6.07, 6.45) is 2.33. The molecule has 0 aromatic rings. The van der Waals surface area contributed by atoms with E-state index in [1.165, 1.54) is 6.42 Å². The van der Waals surface area contributed by atoms with E-state index in [1.807, 2.05) is 7.05 Å². The average molecular weight is 159 g/mol. The Morgan fingerprint density at radius 1 is 1.45 bits per heavy atom. The first kappa shape index (κ1) is 10.9. The molecule has 11 heavy (non-hydrogen) atoms. The zero-order chi connectivity index (χ0) is 8.53. The predicted molar refractivity (Wildman–Crippen MR) is 48.8 cm³/mol. The van der Waals surface area contributed by atoms with Crippen LogP contribution in [0, 0.1) is 5.92 Å². The fourth-order valence-electron chi connectivity index (χ4n) is 0.753. The van der Waals surface area contributed by atoms with Crippen LogP contribution in [0.1, 0.15) is 26.7 Å². The maximum absolute atomic E-state index is 5.45. The Morgan fingerprint density at radius 2 is 2.18 bits per heavy atom. The largest absolute Gasteiger partial charge is 0.381 e. The summed E-state index contributed by atoms with van der Waals surface area (Å²) in [4.78, 5) is 0. The Labute approximate surface area is 70.3 Å². The van der Waals surface area contributed by atoms with Crippen molar-refractivity contribution in [2.45, 2.75) is 26.7 Å². The third-order valence-corrected chi connectivity index (χ3v) is 1.81. The molecule has 1 N–H and O–H groups in total. The number of ether oxygens (including phenoxy) is 1. The van der Waals surface area contributed by atoms with E-state index in [0.29, 0.717) is 5.92 Å². The molecule has 0 heterocycles. The van der Waals surface area contributed by atoms with E-state index < -0.39 is 0 Å². The van der Waals surface area contributed by atoms with E-state index in [4.69, 9.17) is 4.74 Å². The molecular formula is C9H21NO. The van der Waals surface area contributed by atoms with E-state index >= 15 is 0 Å². The predicted octanol–water partition coefficient (Wildman–Crippen LogP) is 1.66. The maximum Gasteiger partial charge on any atom is 0.0491 e. The zero-order valence-corrected chi connectivity index (χ0v) is 8.02. The van der Waals surface area contributed by atoms with E-state index in [1.54, 1.807) is 0 Å². The fraction of sp³-hybridized carbons (Fsp3) is 1.00. The van der Waals surface area contributed by atoms with Crippen molar-refractivity contribution < 1.29 is 4.74 Å². The van der Waals surface area contributed by atoms with Gasteiger partial charge in [0.25, 0.3) is 0 Å². The number of hydrogen-bond donors (Lipinski definition) is 1. The lowest BCUT2D eigenvalue weighted by Gasteiger charge is -2.08. The van der Waals surface area contributed by atoms with Gasteiger partial charge in [0.2, 0.25) is 0 Å². The van der Waals surface area contributed by atoms with Gasteiger partial charge in [0, 0.05) is 13.2 Å². The van der Waals surface area contributed by atoms with Crippen molar-refractivity contribution in [3.63, 3.8) is 0 Å². The summed E-state index contributed by atoms with van der Waals surface area (Å²) >= 11 is 0. The molecule has 0 fully saturated rings. The van der Waals surface area contributed by atoms with E-state index in [2.05, 4.69) is 19.2 Å². The van der Waals surface area contributed by atoms with Gasteiger partial charge in [0.05, 0.1) is 0 Å². The Kier molecular flexibility index (Phi) is 7.96. The molecule has 2 nitrogen and oxygen atoms in total. The van der Waals surface area contributed by atoms with Gasteiger partial charge in [0.1, 0.15) is 0 Å². The second kappa shape index (κ2) is 8.02. The smallest absolute Gasteiger partial charge is 0.0491 e.